The first-order valence-corrected chi connectivity index (χ1v) is 8.51. The zero-order chi connectivity index (χ0) is 18.2. The number of hydrogen-bond acceptors (Lipinski definition) is 5. The monoisotopic (exact) mass is 354 g/mol. The summed E-state index contributed by atoms with van der Waals surface area (Å²) in [6, 6.07) is 15.0. The second-order valence-corrected chi connectivity index (χ2v) is 5.81. The lowest BCUT2D eigenvalue weighted by Crippen LogP contribution is -2.42. The van der Waals surface area contributed by atoms with Crippen LogP contribution in [0.5, 0.6) is 11.5 Å². The highest BCUT2D eigenvalue weighted by Gasteiger charge is 2.16. The van der Waals surface area contributed by atoms with Crippen molar-refractivity contribution in [2.75, 3.05) is 40.0 Å². The van der Waals surface area contributed by atoms with E-state index in [2.05, 4.69) is 4.99 Å². The van der Waals surface area contributed by atoms with Gasteiger partial charge in [-0.05, 0) is 54.1 Å². The molecule has 2 aromatic carbocycles. The van der Waals surface area contributed by atoms with Crippen LogP contribution >= 0.6 is 0 Å². The molecule has 0 saturated carbocycles. The first-order valence-electron chi connectivity index (χ1n) is 8.51. The van der Waals surface area contributed by atoms with Crippen LogP contribution in [0, 0.1) is 0 Å². The highest BCUT2D eigenvalue weighted by atomic mass is 16.5. The molecule has 0 N–H and O–H groups in total. The van der Waals surface area contributed by atoms with Crippen LogP contribution in [0.25, 0.3) is 0 Å². The fourth-order valence-corrected chi connectivity index (χ4v) is 2.52. The lowest BCUT2D eigenvalue weighted by atomic mass is 10.2. The molecule has 0 bridgehead atoms. The van der Waals surface area contributed by atoms with Crippen molar-refractivity contribution in [2.45, 2.75) is 0 Å². The normalized spacial score (nSPS) is 14.4. The molecule has 0 aromatic heterocycles. The van der Waals surface area contributed by atoms with Gasteiger partial charge in [0.25, 0.3) is 5.91 Å². The number of aliphatic imine (C=N–C) groups is 1. The number of methoxy groups -OCH3 is 1. The van der Waals surface area contributed by atoms with Gasteiger partial charge in [0.15, 0.2) is 6.61 Å². The average molecular weight is 354 g/mol. The Kier molecular flexibility index (Phi) is 6.22. The van der Waals surface area contributed by atoms with Crippen LogP contribution in [-0.2, 0) is 9.53 Å². The summed E-state index contributed by atoms with van der Waals surface area (Å²) in [5, 5.41) is 0. The predicted molar refractivity (Wildman–Crippen MR) is 99.6 cm³/mol. The summed E-state index contributed by atoms with van der Waals surface area (Å²) < 4.78 is 15.9. The number of hydrogen-bond donors (Lipinski definition) is 0. The van der Waals surface area contributed by atoms with Crippen molar-refractivity contribution in [1.82, 2.24) is 4.90 Å². The van der Waals surface area contributed by atoms with E-state index in [0.29, 0.717) is 32.1 Å². The Morgan fingerprint density at radius 3 is 2.38 bits per heavy atom. The van der Waals surface area contributed by atoms with Gasteiger partial charge in [0, 0.05) is 19.3 Å². The predicted octanol–water partition coefficient (Wildman–Crippen LogP) is 2.68. The molecule has 6 nitrogen and oxygen atoms in total. The van der Waals surface area contributed by atoms with Crippen molar-refractivity contribution in [3.63, 3.8) is 0 Å². The molecule has 1 aliphatic rings. The van der Waals surface area contributed by atoms with Crippen molar-refractivity contribution >= 4 is 17.8 Å². The molecule has 1 heterocycles. The highest BCUT2D eigenvalue weighted by Crippen LogP contribution is 2.18. The summed E-state index contributed by atoms with van der Waals surface area (Å²) in [5.41, 5.74) is 1.80. The number of rotatable bonds is 6. The summed E-state index contributed by atoms with van der Waals surface area (Å²) in [7, 11) is 1.64. The first kappa shape index (κ1) is 17.9. The van der Waals surface area contributed by atoms with E-state index in [4.69, 9.17) is 14.2 Å². The van der Waals surface area contributed by atoms with Crippen LogP contribution in [0.15, 0.2) is 53.5 Å². The molecular formula is C20H22N2O4. The largest absolute Gasteiger partial charge is 0.497 e. The third-order valence-corrected chi connectivity index (χ3v) is 4.04. The Morgan fingerprint density at radius 1 is 1.08 bits per heavy atom. The van der Waals surface area contributed by atoms with Gasteiger partial charge in [-0.2, -0.15) is 0 Å². The quantitative estimate of drug-likeness (QED) is 0.749. The van der Waals surface area contributed by atoms with Gasteiger partial charge in [0.05, 0.1) is 26.0 Å². The van der Waals surface area contributed by atoms with E-state index in [1.807, 2.05) is 48.5 Å². The summed E-state index contributed by atoms with van der Waals surface area (Å²) in [6.07, 6.45) is 1.78. The number of carbonyl (C=O) groups excluding carboxylic acids is 1. The lowest BCUT2D eigenvalue weighted by molar-refractivity contribution is -0.137. The molecule has 0 unspecified atom stereocenters. The lowest BCUT2D eigenvalue weighted by Gasteiger charge is -2.26. The van der Waals surface area contributed by atoms with Crippen molar-refractivity contribution < 1.29 is 19.0 Å². The molecule has 0 aliphatic carbocycles. The number of benzene rings is 2. The maximum atomic E-state index is 12.1. The maximum absolute atomic E-state index is 12.1. The van der Waals surface area contributed by atoms with Crippen LogP contribution in [0.3, 0.4) is 0 Å². The Labute approximate surface area is 153 Å². The Hall–Kier alpha value is -2.86. The molecule has 1 fully saturated rings. The van der Waals surface area contributed by atoms with Gasteiger partial charge >= 0.3 is 0 Å². The average Bonchev–Trinajstić information content (AvgIpc) is 2.72. The first-order chi connectivity index (χ1) is 12.7. The molecule has 0 spiro atoms. The number of ether oxygens (including phenoxy) is 3. The zero-order valence-electron chi connectivity index (χ0n) is 14.8. The van der Waals surface area contributed by atoms with Crippen LogP contribution < -0.4 is 9.47 Å². The summed E-state index contributed by atoms with van der Waals surface area (Å²) >= 11 is 0. The van der Waals surface area contributed by atoms with Gasteiger partial charge in [-0.3, -0.25) is 9.79 Å². The molecule has 136 valence electrons. The minimum Gasteiger partial charge on any atom is -0.497 e. The van der Waals surface area contributed by atoms with Gasteiger partial charge in [-0.1, -0.05) is 0 Å². The fraction of sp³-hybridized carbons (Fsp3) is 0.300. The number of nitrogens with zero attached hydrogens (tertiary/aromatic N) is 2. The van der Waals surface area contributed by atoms with Crippen LogP contribution in [0.2, 0.25) is 0 Å². The van der Waals surface area contributed by atoms with E-state index in [1.165, 1.54) is 0 Å². The third kappa shape index (κ3) is 5.07. The van der Waals surface area contributed by atoms with E-state index >= 15 is 0 Å². The zero-order valence-corrected chi connectivity index (χ0v) is 14.8. The van der Waals surface area contributed by atoms with Crippen LogP contribution in [0.4, 0.5) is 5.69 Å². The number of carbonyl (C=O) groups is 1. The SMILES string of the molecule is COc1ccc(N=Cc2ccc(OCC(=O)N3CCOCC3)cc2)cc1. The summed E-state index contributed by atoms with van der Waals surface area (Å²) in [6.45, 7) is 2.48. The number of amides is 1. The Bertz CT molecular complexity index is 735. The second-order valence-electron chi connectivity index (χ2n) is 5.81. The topological polar surface area (TPSA) is 60.4 Å². The Balaban J connectivity index is 1.51. The van der Waals surface area contributed by atoms with Crippen molar-refractivity contribution in [3.05, 3.63) is 54.1 Å². The highest BCUT2D eigenvalue weighted by molar-refractivity contribution is 5.82. The van der Waals surface area contributed by atoms with Gasteiger partial charge in [-0.25, -0.2) is 0 Å². The summed E-state index contributed by atoms with van der Waals surface area (Å²) in [5.74, 6) is 1.45. The van der Waals surface area contributed by atoms with E-state index in [1.54, 1.807) is 18.2 Å². The van der Waals surface area contributed by atoms with E-state index in [-0.39, 0.29) is 12.5 Å². The van der Waals surface area contributed by atoms with Crippen molar-refractivity contribution in [3.8, 4) is 11.5 Å². The number of morpholine rings is 1. The van der Waals surface area contributed by atoms with Crippen molar-refractivity contribution in [1.29, 1.82) is 0 Å². The van der Waals surface area contributed by atoms with Gasteiger partial charge in [-0.15, -0.1) is 0 Å². The molecule has 1 amide bonds. The maximum Gasteiger partial charge on any atom is 0.260 e. The molecule has 26 heavy (non-hydrogen) atoms. The Morgan fingerprint density at radius 2 is 1.73 bits per heavy atom. The molecule has 0 radical (unpaired) electrons. The molecule has 1 aliphatic heterocycles. The van der Waals surface area contributed by atoms with Crippen LogP contribution in [-0.4, -0.2) is 57.0 Å². The minimum absolute atomic E-state index is 0.0153. The summed E-state index contributed by atoms with van der Waals surface area (Å²) in [4.78, 5) is 18.2. The molecule has 2 aromatic rings. The standard InChI is InChI=1S/C20H22N2O4/c1-24-18-8-4-17(5-9-18)21-14-16-2-6-19(7-3-16)26-15-20(23)22-10-12-25-13-11-22/h2-9,14H,10-13,15H2,1H3. The van der Waals surface area contributed by atoms with Crippen LogP contribution in [0.1, 0.15) is 5.56 Å². The fourth-order valence-electron chi connectivity index (χ4n) is 2.52. The smallest absolute Gasteiger partial charge is 0.260 e. The molecule has 6 heteroatoms. The van der Waals surface area contributed by atoms with Gasteiger partial charge in [0.1, 0.15) is 11.5 Å². The molecule has 0 atom stereocenters. The van der Waals surface area contributed by atoms with Crippen molar-refractivity contribution in [2.24, 2.45) is 4.99 Å². The third-order valence-electron chi connectivity index (χ3n) is 4.04. The van der Waals surface area contributed by atoms with Gasteiger partial charge < -0.3 is 19.1 Å². The second kappa shape index (κ2) is 9.01. The van der Waals surface area contributed by atoms with Gasteiger partial charge in [0.2, 0.25) is 0 Å². The minimum atomic E-state index is -0.0153. The molecule has 1 saturated heterocycles. The van der Waals surface area contributed by atoms with E-state index in [9.17, 15) is 4.79 Å². The molecule has 3 rings (SSSR count). The van der Waals surface area contributed by atoms with E-state index < -0.39 is 0 Å². The van der Waals surface area contributed by atoms with E-state index in [0.717, 1.165) is 17.0 Å². The molecular weight excluding hydrogens is 332 g/mol.